The average Bonchev–Trinajstić information content (AvgIpc) is 3.34. The van der Waals surface area contributed by atoms with Crippen molar-refractivity contribution >= 4 is 34.4 Å². The minimum absolute atomic E-state index is 0.319. The van der Waals surface area contributed by atoms with Crippen LogP contribution in [0.2, 0.25) is 5.02 Å². The minimum atomic E-state index is -0.354. The monoisotopic (exact) mass is 497 g/mol. The summed E-state index contributed by atoms with van der Waals surface area (Å²) >= 11 is 6.05. The number of nitrogens with one attached hydrogen (secondary N) is 1. The van der Waals surface area contributed by atoms with Gasteiger partial charge in [0.1, 0.15) is 23.3 Å². The molecule has 5 rings (SSSR count). The van der Waals surface area contributed by atoms with Crippen molar-refractivity contribution in [3.63, 3.8) is 0 Å². The highest BCUT2D eigenvalue weighted by atomic mass is 35.5. The molecule has 0 atom stereocenters. The van der Waals surface area contributed by atoms with Crippen molar-refractivity contribution in [2.75, 3.05) is 5.32 Å². The zero-order valence-electron chi connectivity index (χ0n) is 19.2. The Kier molecular flexibility index (Phi) is 6.34. The smallest absolute Gasteiger partial charge is 0.300 e. The van der Waals surface area contributed by atoms with E-state index in [-0.39, 0.29) is 5.56 Å². The lowest BCUT2D eigenvalue weighted by molar-refractivity contribution is 0.480. The predicted molar refractivity (Wildman–Crippen MR) is 137 cm³/mol. The van der Waals surface area contributed by atoms with Crippen molar-refractivity contribution in [2.45, 2.75) is 20.0 Å². The van der Waals surface area contributed by atoms with Gasteiger partial charge in [-0.15, -0.1) is 0 Å². The van der Waals surface area contributed by atoms with E-state index >= 15 is 0 Å². The van der Waals surface area contributed by atoms with Crippen molar-refractivity contribution in [3.8, 4) is 17.6 Å². The largest absolute Gasteiger partial charge is 0.456 e. The second kappa shape index (κ2) is 9.90. The zero-order chi connectivity index (χ0) is 25.1. The number of benzene rings is 2. The average molecular weight is 498 g/mol. The van der Waals surface area contributed by atoms with Crippen LogP contribution >= 0.6 is 11.6 Å². The molecule has 0 saturated heterocycles. The van der Waals surface area contributed by atoms with Gasteiger partial charge in [-0.05, 0) is 61.0 Å². The summed E-state index contributed by atoms with van der Waals surface area (Å²) in [6, 6.07) is 20.0. The maximum absolute atomic E-state index is 12.9. The Labute approximate surface area is 211 Å². The number of nitrogens with zero attached hydrogens (tertiary/aromatic N) is 6. The minimum Gasteiger partial charge on any atom is -0.456 e. The van der Waals surface area contributed by atoms with Crippen LogP contribution in [0.25, 0.3) is 11.2 Å². The van der Waals surface area contributed by atoms with E-state index in [1.807, 2.05) is 54.0 Å². The highest BCUT2D eigenvalue weighted by Gasteiger charge is 2.16. The Bertz CT molecular complexity index is 1620. The zero-order valence-corrected chi connectivity index (χ0v) is 20.0. The summed E-state index contributed by atoms with van der Waals surface area (Å²) in [5, 5.41) is 12.8. The number of aryl methyl sites for hydroxylation is 1. The molecule has 3 aromatic heterocycles. The van der Waals surface area contributed by atoms with Gasteiger partial charge < -0.3 is 14.6 Å². The fourth-order valence-corrected chi connectivity index (χ4v) is 3.86. The molecular weight excluding hydrogens is 478 g/mol. The van der Waals surface area contributed by atoms with Crippen LogP contribution in [0.5, 0.6) is 11.5 Å². The topological polar surface area (TPSA) is 111 Å². The van der Waals surface area contributed by atoms with E-state index in [1.54, 1.807) is 35.2 Å². The molecule has 0 unspecified atom stereocenters. The summed E-state index contributed by atoms with van der Waals surface area (Å²) in [5.41, 5.74) is 2.66. The summed E-state index contributed by atoms with van der Waals surface area (Å²) in [7, 11) is 0. The molecule has 2 aromatic carbocycles. The molecule has 0 bridgehead atoms. The van der Waals surface area contributed by atoms with Crippen molar-refractivity contribution < 1.29 is 4.74 Å². The summed E-state index contributed by atoms with van der Waals surface area (Å²) in [4.78, 5) is 25.8. The summed E-state index contributed by atoms with van der Waals surface area (Å²) in [5.74, 6) is 1.48. The maximum atomic E-state index is 12.9. The number of anilines is 2. The number of pyridine rings is 1. The van der Waals surface area contributed by atoms with Crippen LogP contribution in [0.15, 0.2) is 78.0 Å². The Balaban J connectivity index is 1.45. The van der Waals surface area contributed by atoms with Crippen molar-refractivity contribution in [2.24, 2.45) is 0 Å². The van der Waals surface area contributed by atoms with E-state index in [4.69, 9.17) is 21.6 Å². The van der Waals surface area contributed by atoms with Crippen LogP contribution in [0, 0.1) is 11.3 Å². The normalized spacial score (nSPS) is 10.8. The third kappa shape index (κ3) is 4.76. The van der Waals surface area contributed by atoms with Gasteiger partial charge in [-0.3, -0.25) is 9.36 Å². The number of ether oxygens (including phenoxy) is 1. The van der Waals surface area contributed by atoms with Crippen LogP contribution in [-0.2, 0) is 13.1 Å². The van der Waals surface area contributed by atoms with Gasteiger partial charge in [0.25, 0.3) is 0 Å². The van der Waals surface area contributed by atoms with E-state index in [0.717, 1.165) is 5.56 Å². The molecule has 0 amide bonds. The molecule has 36 heavy (non-hydrogen) atoms. The molecule has 1 N–H and O–H groups in total. The molecule has 0 fully saturated rings. The third-order valence-electron chi connectivity index (χ3n) is 5.53. The summed E-state index contributed by atoms with van der Waals surface area (Å²) < 4.78 is 9.46. The first-order valence-corrected chi connectivity index (χ1v) is 11.5. The van der Waals surface area contributed by atoms with Gasteiger partial charge in [-0.1, -0.05) is 23.7 Å². The molecule has 0 aliphatic rings. The molecule has 0 saturated carbocycles. The van der Waals surface area contributed by atoms with E-state index < -0.39 is 0 Å². The number of nitriles is 1. The second-order valence-electron chi connectivity index (χ2n) is 7.90. The Morgan fingerprint density at radius 3 is 2.44 bits per heavy atom. The lowest BCUT2D eigenvalue weighted by Crippen LogP contribution is -2.20. The second-order valence-corrected chi connectivity index (χ2v) is 8.33. The molecular formula is C26H20ClN7O2. The number of fused-ring (bicyclic) bond motifs is 1. The summed E-state index contributed by atoms with van der Waals surface area (Å²) in [6.45, 7) is 3.00. The van der Waals surface area contributed by atoms with E-state index in [1.165, 1.54) is 6.20 Å². The Morgan fingerprint density at radius 2 is 1.78 bits per heavy atom. The highest BCUT2D eigenvalue weighted by Crippen LogP contribution is 2.25. The third-order valence-corrected chi connectivity index (χ3v) is 5.78. The van der Waals surface area contributed by atoms with Gasteiger partial charge in [0.15, 0.2) is 11.2 Å². The van der Waals surface area contributed by atoms with Crippen LogP contribution in [0.1, 0.15) is 18.2 Å². The number of hydrogen-bond acceptors (Lipinski definition) is 7. The van der Waals surface area contributed by atoms with Crippen molar-refractivity contribution in [1.29, 1.82) is 5.26 Å². The maximum Gasteiger partial charge on any atom is 0.300 e. The van der Waals surface area contributed by atoms with Gasteiger partial charge in [-0.2, -0.15) is 10.2 Å². The fourth-order valence-electron chi connectivity index (χ4n) is 3.73. The molecule has 5 aromatic rings. The lowest BCUT2D eigenvalue weighted by Gasteiger charge is -2.15. The standard InChI is InChI=1S/C26H20ClN7O2/c1-2-33-16-30-24-23(33)25(35)32-26(34(24)15-17-3-5-18(27)6-4-17)31-19-7-10-21(11-8-19)36-22-12-9-20(13-28)29-14-22/h3-12,14,16H,2,15H2,1H3,(H,31,32,35). The first-order chi connectivity index (χ1) is 17.5. The molecule has 0 aliphatic heterocycles. The number of imidazole rings is 1. The van der Waals surface area contributed by atoms with Crippen LogP contribution in [-0.4, -0.2) is 24.1 Å². The van der Waals surface area contributed by atoms with Crippen LogP contribution in [0.4, 0.5) is 11.6 Å². The van der Waals surface area contributed by atoms with E-state index in [2.05, 4.69) is 20.3 Å². The molecule has 0 aliphatic carbocycles. The van der Waals surface area contributed by atoms with Crippen molar-refractivity contribution in [1.82, 2.24) is 24.1 Å². The lowest BCUT2D eigenvalue weighted by atomic mass is 10.2. The van der Waals surface area contributed by atoms with Gasteiger partial charge in [0.2, 0.25) is 5.95 Å². The number of halogens is 1. The number of hydrogen-bond donors (Lipinski definition) is 1. The Hall–Kier alpha value is -4.68. The van der Waals surface area contributed by atoms with Gasteiger partial charge in [0.05, 0.1) is 19.1 Å². The fraction of sp³-hybridized carbons (Fsp3) is 0.115. The van der Waals surface area contributed by atoms with E-state index in [9.17, 15) is 4.79 Å². The van der Waals surface area contributed by atoms with Crippen LogP contribution in [0.3, 0.4) is 0 Å². The molecule has 0 radical (unpaired) electrons. The van der Waals surface area contributed by atoms with Crippen molar-refractivity contribution in [3.05, 3.63) is 99.8 Å². The predicted octanol–water partition coefficient (Wildman–Crippen LogP) is 5.12. The first-order valence-electron chi connectivity index (χ1n) is 11.2. The van der Waals surface area contributed by atoms with Gasteiger partial charge >= 0.3 is 5.56 Å². The molecule has 0 spiro atoms. The first kappa shape index (κ1) is 23.1. The highest BCUT2D eigenvalue weighted by molar-refractivity contribution is 6.30. The summed E-state index contributed by atoms with van der Waals surface area (Å²) in [6.07, 6.45) is 3.15. The van der Waals surface area contributed by atoms with Gasteiger partial charge in [-0.25, -0.2) is 9.97 Å². The Morgan fingerprint density at radius 1 is 1.03 bits per heavy atom. The molecule has 3 heterocycles. The number of aromatic nitrogens is 5. The molecule has 178 valence electrons. The van der Waals surface area contributed by atoms with E-state index in [0.29, 0.717) is 58.1 Å². The molecule has 10 heteroatoms. The molecule has 9 nitrogen and oxygen atoms in total. The van der Waals surface area contributed by atoms with Crippen LogP contribution < -0.4 is 15.6 Å². The quantitative estimate of drug-likeness (QED) is 0.332. The SMILES string of the molecule is CCn1cnc2c1c(=O)nc(Nc1ccc(Oc3ccc(C#N)nc3)cc1)n2Cc1ccc(Cl)cc1. The number of rotatable bonds is 7. The van der Waals surface area contributed by atoms with Gasteiger partial charge in [0, 0.05) is 17.3 Å².